The molecule has 0 aliphatic rings. The Kier molecular flexibility index (Phi) is 27.2. The molecule has 0 aromatic rings. The molecule has 0 radical (unpaired) electrons. The normalized spacial score (nSPS) is 13.1. The van der Waals surface area contributed by atoms with Gasteiger partial charge in [0, 0.05) is 6.42 Å². The minimum Gasteiger partial charge on any atom is -0.461 e. The van der Waals surface area contributed by atoms with Gasteiger partial charge in [-0.05, 0) is 42.9 Å². The van der Waals surface area contributed by atoms with E-state index in [4.69, 9.17) is 4.74 Å². The monoisotopic (exact) mass is 615 g/mol. The second kappa shape index (κ2) is 27.6. The van der Waals surface area contributed by atoms with Crippen molar-refractivity contribution in [3.05, 3.63) is 0 Å². The summed E-state index contributed by atoms with van der Waals surface area (Å²) in [5, 5.41) is 0. The molecular weight excluding hydrogens is 538 g/mol. The number of halogens is 2. The van der Waals surface area contributed by atoms with Crippen LogP contribution in [-0.4, -0.2) is 18.5 Å². The third-order valence-electron chi connectivity index (χ3n) is 9.66. The SMILES string of the molecule is CCCCCCCCCC(CCCCCCC(F)(F)C(=O)OCCC(CCCCCCC)CCCCCCC)C(C)(C)C. The van der Waals surface area contributed by atoms with Crippen molar-refractivity contribution in [3.8, 4) is 0 Å². The zero-order valence-electron chi connectivity index (χ0n) is 30.0. The zero-order chi connectivity index (χ0) is 32.2. The van der Waals surface area contributed by atoms with Crippen LogP contribution in [0.5, 0.6) is 0 Å². The van der Waals surface area contributed by atoms with Gasteiger partial charge in [-0.25, -0.2) is 4.79 Å². The predicted octanol–water partition coefficient (Wildman–Crippen LogP) is 14.0. The molecule has 4 heteroatoms. The summed E-state index contributed by atoms with van der Waals surface area (Å²) < 4.78 is 34.3. The van der Waals surface area contributed by atoms with Crippen LogP contribution in [0, 0.1) is 17.3 Å². The Hall–Kier alpha value is -0.670. The van der Waals surface area contributed by atoms with Gasteiger partial charge >= 0.3 is 11.9 Å². The first kappa shape index (κ1) is 42.3. The van der Waals surface area contributed by atoms with Crippen LogP contribution >= 0.6 is 0 Å². The van der Waals surface area contributed by atoms with Gasteiger partial charge in [0.25, 0.3) is 0 Å². The molecule has 0 bridgehead atoms. The largest absolute Gasteiger partial charge is 0.461 e. The van der Waals surface area contributed by atoms with Gasteiger partial charge < -0.3 is 4.74 Å². The molecule has 0 aromatic carbocycles. The Morgan fingerprint density at radius 3 is 1.33 bits per heavy atom. The number of carbonyl (C=O) groups excluding carboxylic acids is 1. The van der Waals surface area contributed by atoms with Gasteiger partial charge in [0.05, 0.1) is 6.61 Å². The van der Waals surface area contributed by atoms with Gasteiger partial charge in [0.15, 0.2) is 0 Å². The summed E-state index contributed by atoms with van der Waals surface area (Å²) in [6.45, 7) is 13.9. The number of carbonyl (C=O) groups is 1. The molecule has 0 fully saturated rings. The van der Waals surface area contributed by atoms with E-state index in [1.165, 1.54) is 122 Å². The molecule has 0 amide bonds. The summed E-state index contributed by atoms with van der Waals surface area (Å²) in [6.07, 6.45) is 30.1. The quantitative estimate of drug-likeness (QED) is 0.0573. The van der Waals surface area contributed by atoms with Gasteiger partial charge in [-0.3, -0.25) is 0 Å². The number of unbranched alkanes of at least 4 members (excludes halogenated alkanes) is 17. The Morgan fingerprint density at radius 2 is 0.907 bits per heavy atom. The second-order valence-corrected chi connectivity index (χ2v) is 14.8. The Morgan fingerprint density at radius 1 is 0.535 bits per heavy atom. The lowest BCUT2D eigenvalue weighted by molar-refractivity contribution is -0.173. The van der Waals surface area contributed by atoms with Crippen molar-refractivity contribution in [1.82, 2.24) is 0 Å². The third-order valence-corrected chi connectivity index (χ3v) is 9.66. The highest BCUT2D eigenvalue weighted by molar-refractivity contribution is 5.77. The fraction of sp³-hybridized carbons (Fsp3) is 0.974. The number of hydrogen-bond acceptors (Lipinski definition) is 2. The van der Waals surface area contributed by atoms with Crippen LogP contribution in [0.25, 0.3) is 0 Å². The van der Waals surface area contributed by atoms with E-state index in [9.17, 15) is 13.6 Å². The number of rotatable bonds is 31. The molecule has 1 unspecified atom stereocenters. The summed E-state index contributed by atoms with van der Waals surface area (Å²) in [5.41, 5.74) is 0.294. The Balaban J connectivity index is 4.31. The number of alkyl halides is 2. The lowest BCUT2D eigenvalue weighted by Gasteiger charge is -2.31. The standard InChI is InChI=1S/C39H76F2O2/c1-7-10-13-16-17-20-25-30-36(38(4,5)6)31-26-21-22-27-33-39(40,41)37(42)43-34-32-35(28-23-18-14-11-8-2)29-24-19-15-12-9-3/h35-36H,7-34H2,1-6H3. The molecular formula is C39H76F2O2. The molecule has 0 rings (SSSR count). The molecule has 0 saturated carbocycles. The molecule has 1 atom stereocenters. The maximum atomic E-state index is 14.6. The summed E-state index contributed by atoms with van der Waals surface area (Å²) in [5.74, 6) is -3.50. The number of hydrogen-bond donors (Lipinski definition) is 0. The van der Waals surface area contributed by atoms with Crippen LogP contribution < -0.4 is 0 Å². The maximum Gasteiger partial charge on any atom is 0.376 e. The van der Waals surface area contributed by atoms with E-state index < -0.39 is 11.9 Å². The van der Waals surface area contributed by atoms with Crippen molar-refractivity contribution in [3.63, 3.8) is 0 Å². The summed E-state index contributed by atoms with van der Waals surface area (Å²) in [7, 11) is 0. The van der Waals surface area contributed by atoms with Crippen molar-refractivity contribution in [2.24, 2.45) is 17.3 Å². The third kappa shape index (κ3) is 25.2. The average Bonchev–Trinajstić information content (AvgIpc) is 2.95. The lowest BCUT2D eigenvalue weighted by Crippen LogP contribution is -2.31. The first-order chi connectivity index (χ1) is 20.6. The van der Waals surface area contributed by atoms with Crippen molar-refractivity contribution < 1.29 is 18.3 Å². The van der Waals surface area contributed by atoms with Gasteiger partial charge in [0.1, 0.15) is 0 Å². The molecule has 258 valence electrons. The topological polar surface area (TPSA) is 26.3 Å². The zero-order valence-corrected chi connectivity index (χ0v) is 30.0. The van der Waals surface area contributed by atoms with Gasteiger partial charge in [-0.15, -0.1) is 0 Å². The maximum absolute atomic E-state index is 14.6. The summed E-state index contributed by atoms with van der Waals surface area (Å²) >= 11 is 0. The fourth-order valence-corrected chi connectivity index (χ4v) is 6.48. The molecule has 0 aliphatic heterocycles. The van der Waals surface area contributed by atoms with Crippen LogP contribution in [0.1, 0.15) is 215 Å². The van der Waals surface area contributed by atoms with E-state index >= 15 is 0 Å². The highest BCUT2D eigenvalue weighted by atomic mass is 19.3. The van der Waals surface area contributed by atoms with Crippen LogP contribution in [0.4, 0.5) is 8.78 Å². The van der Waals surface area contributed by atoms with Crippen molar-refractivity contribution in [1.29, 1.82) is 0 Å². The van der Waals surface area contributed by atoms with E-state index in [-0.39, 0.29) is 13.0 Å². The molecule has 0 spiro atoms. The summed E-state index contributed by atoms with van der Waals surface area (Å²) in [4.78, 5) is 12.3. The average molecular weight is 615 g/mol. The number of esters is 1. The Bertz CT molecular complexity index is 599. The van der Waals surface area contributed by atoms with Crippen molar-refractivity contribution >= 4 is 5.97 Å². The Labute approximate surface area is 268 Å². The molecule has 0 aromatic heterocycles. The molecule has 0 N–H and O–H groups in total. The summed E-state index contributed by atoms with van der Waals surface area (Å²) in [6, 6.07) is 0. The molecule has 0 aliphatic carbocycles. The predicted molar refractivity (Wildman–Crippen MR) is 184 cm³/mol. The minimum atomic E-state index is -3.36. The van der Waals surface area contributed by atoms with Gasteiger partial charge in [0.2, 0.25) is 0 Å². The second-order valence-electron chi connectivity index (χ2n) is 14.8. The molecule has 43 heavy (non-hydrogen) atoms. The first-order valence-corrected chi connectivity index (χ1v) is 19.1. The molecule has 0 saturated heterocycles. The van der Waals surface area contributed by atoms with Crippen molar-refractivity contribution in [2.45, 2.75) is 221 Å². The van der Waals surface area contributed by atoms with E-state index in [0.29, 0.717) is 23.7 Å². The fourth-order valence-electron chi connectivity index (χ4n) is 6.48. The minimum absolute atomic E-state index is 0.135. The van der Waals surface area contributed by atoms with Crippen molar-refractivity contribution in [2.75, 3.05) is 6.61 Å². The highest BCUT2D eigenvalue weighted by Gasteiger charge is 2.39. The number of ether oxygens (including phenoxy) is 1. The van der Waals surface area contributed by atoms with Crippen LogP contribution in [-0.2, 0) is 9.53 Å². The van der Waals surface area contributed by atoms with E-state index in [2.05, 4.69) is 41.5 Å². The molecule has 0 heterocycles. The lowest BCUT2D eigenvalue weighted by atomic mass is 9.75. The highest BCUT2D eigenvalue weighted by Crippen LogP contribution is 2.35. The van der Waals surface area contributed by atoms with Crippen LogP contribution in [0.15, 0.2) is 0 Å². The smallest absolute Gasteiger partial charge is 0.376 e. The van der Waals surface area contributed by atoms with Crippen LogP contribution in [0.3, 0.4) is 0 Å². The van der Waals surface area contributed by atoms with E-state index in [0.717, 1.165) is 38.5 Å². The van der Waals surface area contributed by atoms with E-state index in [1.807, 2.05) is 0 Å². The van der Waals surface area contributed by atoms with E-state index in [1.54, 1.807) is 0 Å². The van der Waals surface area contributed by atoms with Gasteiger partial charge in [-0.1, -0.05) is 183 Å². The molecule has 2 nitrogen and oxygen atoms in total. The van der Waals surface area contributed by atoms with Gasteiger partial charge in [-0.2, -0.15) is 8.78 Å². The van der Waals surface area contributed by atoms with Crippen LogP contribution in [0.2, 0.25) is 0 Å². The first-order valence-electron chi connectivity index (χ1n) is 19.1.